The standard InChI is InChI=1S/C22H27N5OS/c1-15-7-5-8-16(2)26(15)21(28)14-29-22-25-24-20(27(22)23)13-18-11-6-10-17-9-3-4-12-19(17)18/h3-4,6,9-12,15-16H,5,7-8,13-14,23H2,1-2H3. The summed E-state index contributed by atoms with van der Waals surface area (Å²) in [6, 6.07) is 15.1. The van der Waals surface area contributed by atoms with E-state index in [-0.39, 0.29) is 5.91 Å². The summed E-state index contributed by atoms with van der Waals surface area (Å²) >= 11 is 1.36. The lowest BCUT2D eigenvalue weighted by Gasteiger charge is -2.39. The molecule has 6 nitrogen and oxygen atoms in total. The quantitative estimate of drug-likeness (QED) is 0.514. The Morgan fingerprint density at radius 1 is 1.10 bits per heavy atom. The number of piperidine rings is 1. The number of nitrogen functional groups attached to an aromatic ring is 1. The Morgan fingerprint density at radius 3 is 2.62 bits per heavy atom. The number of thioether (sulfide) groups is 1. The van der Waals surface area contributed by atoms with Crippen molar-refractivity contribution >= 4 is 28.4 Å². The van der Waals surface area contributed by atoms with E-state index in [1.54, 1.807) is 0 Å². The molecule has 0 aliphatic carbocycles. The molecule has 0 saturated carbocycles. The molecule has 2 aromatic carbocycles. The number of carbonyl (C=O) groups excluding carboxylic acids is 1. The molecule has 1 saturated heterocycles. The molecule has 4 rings (SSSR count). The highest BCUT2D eigenvalue weighted by Gasteiger charge is 2.29. The largest absolute Gasteiger partial charge is 0.337 e. The van der Waals surface area contributed by atoms with Crippen LogP contribution < -0.4 is 5.84 Å². The number of carbonyl (C=O) groups is 1. The SMILES string of the molecule is CC1CCCC(C)N1C(=O)CSc1nnc(Cc2cccc3ccccc23)n1N. The number of hydrogen-bond acceptors (Lipinski definition) is 5. The first kappa shape index (κ1) is 19.8. The van der Waals surface area contributed by atoms with Crippen molar-refractivity contribution in [3.8, 4) is 0 Å². The first-order valence-electron chi connectivity index (χ1n) is 10.1. The number of benzene rings is 2. The molecule has 152 valence electrons. The van der Waals surface area contributed by atoms with Crippen molar-refractivity contribution in [3.05, 3.63) is 53.9 Å². The molecule has 0 radical (unpaired) electrons. The van der Waals surface area contributed by atoms with Crippen LogP contribution in [0.15, 0.2) is 47.6 Å². The minimum atomic E-state index is 0.147. The van der Waals surface area contributed by atoms with Crippen LogP contribution in [-0.2, 0) is 11.2 Å². The summed E-state index contributed by atoms with van der Waals surface area (Å²) < 4.78 is 1.52. The maximum absolute atomic E-state index is 12.8. The van der Waals surface area contributed by atoms with Crippen molar-refractivity contribution in [2.24, 2.45) is 0 Å². The fourth-order valence-corrected chi connectivity index (χ4v) is 5.00. The van der Waals surface area contributed by atoms with Crippen LogP contribution in [-0.4, -0.2) is 43.5 Å². The first-order valence-corrected chi connectivity index (χ1v) is 11.1. The van der Waals surface area contributed by atoms with E-state index < -0.39 is 0 Å². The molecule has 7 heteroatoms. The molecule has 0 bridgehead atoms. The summed E-state index contributed by atoms with van der Waals surface area (Å²) in [7, 11) is 0. The Hall–Kier alpha value is -2.54. The predicted octanol–water partition coefficient (Wildman–Crippen LogP) is 3.62. The van der Waals surface area contributed by atoms with E-state index in [1.807, 2.05) is 23.1 Å². The van der Waals surface area contributed by atoms with Crippen molar-refractivity contribution in [3.63, 3.8) is 0 Å². The summed E-state index contributed by atoms with van der Waals surface area (Å²) in [6.07, 6.45) is 3.93. The summed E-state index contributed by atoms with van der Waals surface area (Å²) in [4.78, 5) is 14.8. The van der Waals surface area contributed by atoms with Gasteiger partial charge in [0.25, 0.3) is 0 Å². The molecule has 1 amide bonds. The highest BCUT2D eigenvalue weighted by molar-refractivity contribution is 7.99. The topological polar surface area (TPSA) is 77.0 Å². The molecule has 2 atom stereocenters. The predicted molar refractivity (Wildman–Crippen MR) is 117 cm³/mol. The minimum Gasteiger partial charge on any atom is -0.337 e. The Labute approximate surface area is 175 Å². The van der Waals surface area contributed by atoms with Gasteiger partial charge in [-0.05, 0) is 49.4 Å². The van der Waals surface area contributed by atoms with E-state index >= 15 is 0 Å². The van der Waals surface area contributed by atoms with Gasteiger partial charge in [0.05, 0.1) is 5.75 Å². The lowest BCUT2D eigenvalue weighted by molar-refractivity contribution is -0.134. The molecule has 2 heterocycles. The van der Waals surface area contributed by atoms with Crippen LogP contribution in [0.1, 0.15) is 44.5 Å². The fraction of sp³-hybridized carbons (Fsp3) is 0.409. The van der Waals surface area contributed by atoms with Gasteiger partial charge < -0.3 is 10.7 Å². The summed E-state index contributed by atoms with van der Waals surface area (Å²) in [5, 5.41) is 11.5. The Balaban J connectivity index is 1.45. The van der Waals surface area contributed by atoms with Crippen LogP contribution >= 0.6 is 11.8 Å². The molecular formula is C22H27N5OS. The van der Waals surface area contributed by atoms with Gasteiger partial charge in [-0.2, -0.15) is 0 Å². The average Bonchev–Trinajstić information content (AvgIpc) is 3.06. The second-order valence-electron chi connectivity index (χ2n) is 7.80. The highest BCUT2D eigenvalue weighted by Crippen LogP contribution is 2.25. The molecule has 1 aliphatic rings. The van der Waals surface area contributed by atoms with Crippen molar-refractivity contribution in [2.75, 3.05) is 11.6 Å². The summed E-state index contributed by atoms with van der Waals surface area (Å²) in [5.41, 5.74) is 1.16. The van der Waals surface area contributed by atoms with Crippen LogP contribution in [0.5, 0.6) is 0 Å². The zero-order chi connectivity index (χ0) is 20.4. The van der Waals surface area contributed by atoms with Gasteiger partial charge in [0.1, 0.15) is 0 Å². The van der Waals surface area contributed by atoms with E-state index in [0.717, 1.165) is 18.4 Å². The van der Waals surface area contributed by atoms with E-state index in [9.17, 15) is 4.79 Å². The van der Waals surface area contributed by atoms with Gasteiger partial charge >= 0.3 is 0 Å². The third kappa shape index (κ3) is 4.10. The van der Waals surface area contributed by atoms with Crippen LogP contribution in [0.3, 0.4) is 0 Å². The third-order valence-electron chi connectivity index (χ3n) is 5.77. The van der Waals surface area contributed by atoms with Crippen LogP contribution in [0, 0.1) is 0 Å². The Morgan fingerprint density at radius 2 is 1.83 bits per heavy atom. The first-order chi connectivity index (χ1) is 14.0. The number of nitrogens with zero attached hydrogens (tertiary/aromatic N) is 4. The third-order valence-corrected chi connectivity index (χ3v) is 6.70. The van der Waals surface area contributed by atoms with E-state index in [2.05, 4.69) is 48.3 Å². The van der Waals surface area contributed by atoms with Gasteiger partial charge in [-0.15, -0.1) is 10.2 Å². The summed E-state index contributed by atoms with van der Waals surface area (Å²) in [5.74, 6) is 7.43. The molecule has 0 spiro atoms. The molecule has 1 aliphatic heterocycles. The Bertz CT molecular complexity index is 1000. The van der Waals surface area contributed by atoms with E-state index in [4.69, 9.17) is 5.84 Å². The number of likely N-dealkylation sites (tertiary alicyclic amines) is 1. The normalized spacial score (nSPS) is 19.6. The monoisotopic (exact) mass is 409 g/mol. The Kier molecular flexibility index (Phi) is 5.76. The van der Waals surface area contributed by atoms with Crippen LogP contribution in [0.2, 0.25) is 0 Å². The van der Waals surface area contributed by atoms with Crippen molar-refractivity contribution < 1.29 is 4.79 Å². The lowest BCUT2D eigenvalue weighted by Crippen LogP contribution is -2.48. The van der Waals surface area contributed by atoms with Crippen molar-refractivity contribution in [1.29, 1.82) is 0 Å². The molecule has 1 fully saturated rings. The zero-order valence-corrected chi connectivity index (χ0v) is 17.7. The number of amides is 1. The van der Waals surface area contributed by atoms with Gasteiger partial charge in [0, 0.05) is 18.5 Å². The second-order valence-corrected chi connectivity index (χ2v) is 8.74. The van der Waals surface area contributed by atoms with Crippen molar-refractivity contribution in [1.82, 2.24) is 19.8 Å². The van der Waals surface area contributed by atoms with Gasteiger partial charge in [-0.25, -0.2) is 4.68 Å². The van der Waals surface area contributed by atoms with Crippen LogP contribution in [0.4, 0.5) is 0 Å². The number of rotatable bonds is 5. The number of fused-ring (bicyclic) bond motifs is 1. The highest BCUT2D eigenvalue weighted by atomic mass is 32.2. The van der Waals surface area contributed by atoms with Gasteiger partial charge in [0.2, 0.25) is 11.1 Å². The van der Waals surface area contributed by atoms with E-state index in [0.29, 0.717) is 35.2 Å². The summed E-state index contributed by atoms with van der Waals surface area (Å²) in [6.45, 7) is 4.26. The molecule has 29 heavy (non-hydrogen) atoms. The molecule has 3 aromatic rings. The number of aromatic nitrogens is 3. The van der Waals surface area contributed by atoms with Gasteiger partial charge in [-0.3, -0.25) is 4.79 Å². The van der Waals surface area contributed by atoms with Crippen LogP contribution in [0.25, 0.3) is 10.8 Å². The second kappa shape index (κ2) is 8.45. The van der Waals surface area contributed by atoms with Crippen molar-refractivity contribution in [2.45, 2.75) is 56.8 Å². The number of nitrogens with two attached hydrogens (primary N) is 1. The molecule has 2 unspecified atom stereocenters. The van der Waals surface area contributed by atoms with Gasteiger partial charge in [0.15, 0.2) is 5.82 Å². The zero-order valence-electron chi connectivity index (χ0n) is 16.9. The maximum atomic E-state index is 12.8. The average molecular weight is 410 g/mol. The fourth-order valence-electron chi connectivity index (χ4n) is 4.26. The molecule has 1 aromatic heterocycles. The lowest BCUT2D eigenvalue weighted by atomic mass is 9.98. The van der Waals surface area contributed by atoms with Gasteiger partial charge in [-0.1, -0.05) is 54.2 Å². The molecule has 2 N–H and O–H groups in total. The maximum Gasteiger partial charge on any atom is 0.233 e. The molecular weight excluding hydrogens is 382 g/mol. The van der Waals surface area contributed by atoms with E-state index in [1.165, 1.54) is 33.6 Å². The number of hydrogen-bond donors (Lipinski definition) is 1. The minimum absolute atomic E-state index is 0.147. The smallest absolute Gasteiger partial charge is 0.233 e.